The number of alkyl halides is 3. The molecule has 0 aromatic heterocycles. The molecule has 1 fully saturated rings. The van der Waals surface area contributed by atoms with E-state index in [0.29, 0.717) is 32.5 Å². The maximum atomic E-state index is 13.0. The second-order valence-corrected chi connectivity index (χ2v) is 7.38. The van der Waals surface area contributed by atoms with Gasteiger partial charge in [-0.15, -0.1) is 13.2 Å². The molecule has 0 radical (unpaired) electrons. The topological polar surface area (TPSA) is 65.4 Å². The molecule has 0 bridgehead atoms. The molecule has 0 atom stereocenters. The summed E-state index contributed by atoms with van der Waals surface area (Å²) in [5.74, 6) is -1.26. The number of ether oxygens (including phenoxy) is 1. The molecule has 2 aromatic carbocycles. The maximum absolute atomic E-state index is 13.0. The SMILES string of the molecule is N#Cc1ccc(CNC(=O)C2CCN(Cc3ccc(F)cc3)CC2)c(OC(F)(F)F)c1. The van der Waals surface area contributed by atoms with E-state index in [4.69, 9.17) is 5.26 Å². The Morgan fingerprint density at radius 3 is 2.45 bits per heavy atom. The molecule has 0 unspecified atom stereocenters. The third kappa shape index (κ3) is 6.69. The number of rotatable bonds is 6. The largest absolute Gasteiger partial charge is 0.573 e. The highest BCUT2D eigenvalue weighted by Crippen LogP contribution is 2.28. The highest BCUT2D eigenvalue weighted by Gasteiger charge is 2.32. The van der Waals surface area contributed by atoms with Gasteiger partial charge in [-0.1, -0.05) is 18.2 Å². The first-order valence-corrected chi connectivity index (χ1v) is 9.77. The Kier molecular flexibility index (Phi) is 7.13. The minimum absolute atomic E-state index is 0.0304. The minimum atomic E-state index is -4.90. The molecule has 1 saturated heterocycles. The maximum Gasteiger partial charge on any atom is 0.573 e. The number of benzene rings is 2. The predicted octanol–water partition coefficient (Wildman–Crippen LogP) is 4.12. The molecular weight excluding hydrogens is 414 g/mol. The van der Waals surface area contributed by atoms with Crippen LogP contribution in [0.15, 0.2) is 42.5 Å². The van der Waals surface area contributed by atoms with Crippen molar-refractivity contribution in [2.24, 2.45) is 5.92 Å². The number of nitrogens with one attached hydrogen (secondary N) is 1. The molecule has 31 heavy (non-hydrogen) atoms. The lowest BCUT2D eigenvalue weighted by Crippen LogP contribution is -2.40. The molecule has 1 aliphatic rings. The number of amides is 1. The van der Waals surface area contributed by atoms with Gasteiger partial charge in [-0.3, -0.25) is 9.69 Å². The van der Waals surface area contributed by atoms with Gasteiger partial charge in [0.1, 0.15) is 11.6 Å². The Hall–Kier alpha value is -3.12. The number of carbonyl (C=O) groups is 1. The van der Waals surface area contributed by atoms with Crippen LogP contribution in [-0.2, 0) is 17.9 Å². The van der Waals surface area contributed by atoms with Crippen LogP contribution in [0, 0.1) is 23.1 Å². The Morgan fingerprint density at radius 1 is 1.16 bits per heavy atom. The smallest absolute Gasteiger partial charge is 0.405 e. The molecule has 3 rings (SSSR count). The number of piperidine rings is 1. The monoisotopic (exact) mass is 435 g/mol. The van der Waals surface area contributed by atoms with Gasteiger partial charge in [-0.05, 0) is 55.8 Å². The van der Waals surface area contributed by atoms with Gasteiger partial charge in [0, 0.05) is 24.6 Å². The molecule has 0 aliphatic carbocycles. The zero-order valence-electron chi connectivity index (χ0n) is 16.6. The van der Waals surface area contributed by atoms with Crippen LogP contribution < -0.4 is 10.1 Å². The Balaban J connectivity index is 1.52. The number of hydrogen-bond donors (Lipinski definition) is 1. The summed E-state index contributed by atoms with van der Waals surface area (Å²) in [6.07, 6.45) is -3.66. The zero-order chi connectivity index (χ0) is 22.4. The van der Waals surface area contributed by atoms with Gasteiger partial charge in [0.25, 0.3) is 0 Å². The molecule has 0 saturated carbocycles. The van der Waals surface area contributed by atoms with Crippen LogP contribution in [0.1, 0.15) is 29.5 Å². The third-order valence-electron chi connectivity index (χ3n) is 5.15. The Morgan fingerprint density at radius 2 is 1.84 bits per heavy atom. The van der Waals surface area contributed by atoms with E-state index >= 15 is 0 Å². The van der Waals surface area contributed by atoms with Crippen molar-refractivity contribution in [1.29, 1.82) is 5.26 Å². The van der Waals surface area contributed by atoms with Crippen molar-refractivity contribution in [3.8, 4) is 11.8 Å². The summed E-state index contributed by atoms with van der Waals surface area (Å²) in [5.41, 5.74) is 1.16. The lowest BCUT2D eigenvalue weighted by atomic mass is 9.95. The van der Waals surface area contributed by atoms with E-state index in [1.54, 1.807) is 18.2 Å². The van der Waals surface area contributed by atoms with Crippen molar-refractivity contribution in [3.63, 3.8) is 0 Å². The standard InChI is InChI=1S/C22H21F4N3O2/c23-19-5-2-15(3-6-19)14-29-9-7-17(8-10-29)21(30)28-13-18-4-1-16(12-27)11-20(18)31-22(24,25)26/h1-6,11,17H,7-10,13-14H2,(H,28,30). The van der Waals surface area contributed by atoms with Crippen LogP contribution >= 0.6 is 0 Å². The molecule has 9 heteroatoms. The molecule has 1 N–H and O–H groups in total. The quantitative estimate of drug-likeness (QED) is 0.694. The number of nitriles is 1. The second-order valence-electron chi connectivity index (χ2n) is 7.38. The van der Waals surface area contributed by atoms with Crippen molar-refractivity contribution < 1.29 is 27.1 Å². The Labute approximate surface area is 177 Å². The summed E-state index contributed by atoms with van der Waals surface area (Å²) in [6, 6.07) is 11.8. The normalized spacial score (nSPS) is 15.3. The summed E-state index contributed by atoms with van der Waals surface area (Å²) < 4.78 is 54.9. The summed E-state index contributed by atoms with van der Waals surface area (Å²) >= 11 is 0. The van der Waals surface area contributed by atoms with E-state index < -0.39 is 12.1 Å². The van der Waals surface area contributed by atoms with Gasteiger partial charge in [0.05, 0.1) is 11.6 Å². The average molecular weight is 435 g/mol. The van der Waals surface area contributed by atoms with E-state index in [9.17, 15) is 22.4 Å². The van der Waals surface area contributed by atoms with Gasteiger partial charge < -0.3 is 10.1 Å². The van der Waals surface area contributed by atoms with E-state index in [1.165, 1.54) is 24.3 Å². The highest BCUT2D eigenvalue weighted by molar-refractivity contribution is 5.78. The van der Waals surface area contributed by atoms with Crippen molar-refractivity contribution in [3.05, 3.63) is 65.0 Å². The lowest BCUT2D eigenvalue weighted by molar-refractivity contribution is -0.274. The van der Waals surface area contributed by atoms with Crippen LogP contribution in [0.3, 0.4) is 0 Å². The number of nitrogens with zero attached hydrogens (tertiary/aromatic N) is 2. The third-order valence-corrected chi connectivity index (χ3v) is 5.15. The first kappa shape index (κ1) is 22.6. The highest BCUT2D eigenvalue weighted by atomic mass is 19.4. The van der Waals surface area contributed by atoms with Gasteiger partial charge >= 0.3 is 6.36 Å². The van der Waals surface area contributed by atoms with Crippen molar-refractivity contribution in [1.82, 2.24) is 10.2 Å². The average Bonchev–Trinajstić information content (AvgIpc) is 2.73. The van der Waals surface area contributed by atoms with E-state index in [2.05, 4.69) is 15.0 Å². The zero-order valence-corrected chi connectivity index (χ0v) is 16.6. The molecule has 1 amide bonds. The van der Waals surface area contributed by atoms with Crippen molar-refractivity contribution in [2.75, 3.05) is 13.1 Å². The fraction of sp³-hybridized carbons (Fsp3) is 0.364. The number of halogens is 4. The van der Waals surface area contributed by atoms with Crippen molar-refractivity contribution in [2.45, 2.75) is 32.3 Å². The number of hydrogen-bond acceptors (Lipinski definition) is 4. The summed E-state index contributed by atoms with van der Waals surface area (Å²) in [5, 5.41) is 11.6. The van der Waals surface area contributed by atoms with Crippen LogP contribution in [0.25, 0.3) is 0 Å². The Bertz CT molecular complexity index is 947. The molecule has 0 spiro atoms. The van der Waals surface area contributed by atoms with E-state index in [-0.39, 0.29) is 35.3 Å². The molecule has 164 valence electrons. The minimum Gasteiger partial charge on any atom is -0.405 e. The lowest BCUT2D eigenvalue weighted by Gasteiger charge is -2.31. The van der Waals surface area contributed by atoms with E-state index in [1.807, 2.05) is 0 Å². The molecule has 5 nitrogen and oxygen atoms in total. The van der Waals surface area contributed by atoms with Crippen LogP contribution in [0.4, 0.5) is 17.6 Å². The van der Waals surface area contributed by atoms with Crippen LogP contribution in [-0.4, -0.2) is 30.3 Å². The predicted molar refractivity (Wildman–Crippen MR) is 104 cm³/mol. The summed E-state index contributed by atoms with van der Waals surface area (Å²) in [6.45, 7) is 1.91. The fourth-order valence-electron chi connectivity index (χ4n) is 3.52. The molecule has 1 heterocycles. The van der Waals surface area contributed by atoms with Gasteiger partial charge in [0.15, 0.2) is 0 Å². The van der Waals surface area contributed by atoms with Gasteiger partial charge in [-0.2, -0.15) is 5.26 Å². The molecule has 1 aliphatic heterocycles. The van der Waals surface area contributed by atoms with E-state index in [0.717, 1.165) is 11.6 Å². The summed E-state index contributed by atoms with van der Waals surface area (Å²) in [4.78, 5) is 14.7. The van der Waals surface area contributed by atoms with Gasteiger partial charge in [-0.25, -0.2) is 4.39 Å². The number of carbonyl (C=O) groups excluding carboxylic acids is 1. The number of likely N-dealkylation sites (tertiary alicyclic amines) is 1. The molecular formula is C22H21F4N3O2. The first-order chi connectivity index (χ1) is 14.7. The summed E-state index contributed by atoms with van der Waals surface area (Å²) in [7, 11) is 0. The first-order valence-electron chi connectivity index (χ1n) is 9.77. The van der Waals surface area contributed by atoms with Crippen molar-refractivity contribution >= 4 is 5.91 Å². The van der Waals surface area contributed by atoms with Crippen LogP contribution in [0.2, 0.25) is 0 Å². The van der Waals surface area contributed by atoms with Crippen LogP contribution in [0.5, 0.6) is 5.75 Å². The molecule has 2 aromatic rings. The fourth-order valence-corrected chi connectivity index (χ4v) is 3.52. The second kappa shape index (κ2) is 9.79. The van der Waals surface area contributed by atoms with Gasteiger partial charge in [0.2, 0.25) is 5.91 Å².